The number of aromatic nitrogens is 4. The van der Waals surface area contributed by atoms with Gasteiger partial charge in [-0.3, -0.25) is 10.1 Å². The predicted octanol–water partition coefficient (Wildman–Crippen LogP) is 5.46. The predicted molar refractivity (Wildman–Crippen MR) is 103 cm³/mol. The van der Waals surface area contributed by atoms with Crippen LogP contribution in [0.3, 0.4) is 0 Å². The van der Waals surface area contributed by atoms with Crippen molar-refractivity contribution in [2.45, 2.75) is 0 Å². The molecule has 5 aromatic heterocycles. The number of hydrogen-bond acceptors (Lipinski definition) is 4. The number of hydrogen-bond donors (Lipinski definition) is 2. The van der Waals surface area contributed by atoms with E-state index < -0.39 is 0 Å². The number of furan rings is 1. The summed E-state index contributed by atoms with van der Waals surface area (Å²) in [5.41, 5.74) is 5.71. The first-order chi connectivity index (χ1) is 12.9. The van der Waals surface area contributed by atoms with Crippen molar-refractivity contribution in [3.05, 3.63) is 72.7 Å². The molecule has 0 fully saturated rings. The number of aromatic amines is 2. The molecule has 0 saturated heterocycles. The molecular formula is C20H14N4OS. The number of nitrogens with one attached hydrogen (secondary N) is 2. The van der Waals surface area contributed by atoms with Gasteiger partial charge >= 0.3 is 0 Å². The molecule has 26 heavy (non-hydrogen) atoms. The summed E-state index contributed by atoms with van der Waals surface area (Å²) in [7, 11) is 0. The third-order valence-electron chi connectivity index (χ3n) is 4.26. The molecule has 5 aromatic rings. The summed E-state index contributed by atoms with van der Waals surface area (Å²) in [6.07, 6.45) is 7.25. The standard InChI is InChI=1S/C20H14N4OS/c1-4-14(21-8-1)19-18(16-5-2-10-25-16)13(17-6-3-11-26-17)12-22-20(19)15-7-9-23-24-15/h1-12,21H,(H,23,24). The van der Waals surface area contributed by atoms with E-state index in [1.807, 2.05) is 48.8 Å². The molecule has 5 heterocycles. The van der Waals surface area contributed by atoms with Crippen molar-refractivity contribution in [1.82, 2.24) is 20.2 Å². The summed E-state index contributed by atoms with van der Waals surface area (Å²) in [5, 5.41) is 9.19. The van der Waals surface area contributed by atoms with Gasteiger partial charge in [0.05, 0.1) is 17.7 Å². The molecule has 0 aliphatic carbocycles. The number of thiophene rings is 1. The molecule has 0 saturated carbocycles. The van der Waals surface area contributed by atoms with E-state index in [0.29, 0.717) is 0 Å². The van der Waals surface area contributed by atoms with Crippen LogP contribution in [-0.4, -0.2) is 20.2 Å². The van der Waals surface area contributed by atoms with Crippen LogP contribution < -0.4 is 0 Å². The first kappa shape index (κ1) is 14.9. The summed E-state index contributed by atoms with van der Waals surface area (Å²) in [6.45, 7) is 0. The second kappa shape index (κ2) is 6.16. The van der Waals surface area contributed by atoms with Crippen LogP contribution in [-0.2, 0) is 0 Å². The van der Waals surface area contributed by atoms with Gasteiger partial charge in [0.15, 0.2) is 0 Å². The van der Waals surface area contributed by atoms with Crippen molar-refractivity contribution < 1.29 is 4.42 Å². The summed E-state index contributed by atoms with van der Waals surface area (Å²) >= 11 is 1.68. The zero-order chi connectivity index (χ0) is 17.3. The van der Waals surface area contributed by atoms with Crippen LogP contribution >= 0.6 is 11.3 Å². The second-order valence-electron chi connectivity index (χ2n) is 5.78. The van der Waals surface area contributed by atoms with E-state index in [1.165, 1.54) is 0 Å². The Bertz CT molecular complexity index is 1020. The lowest BCUT2D eigenvalue weighted by Crippen LogP contribution is -1.96. The smallest absolute Gasteiger partial charge is 0.135 e. The highest BCUT2D eigenvalue weighted by molar-refractivity contribution is 7.13. The highest BCUT2D eigenvalue weighted by atomic mass is 32.1. The van der Waals surface area contributed by atoms with Crippen LogP contribution in [0.15, 0.2) is 77.1 Å². The maximum atomic E-state index is 5.81. The van der Waals surface area contributed by atoms with Crippen molar-refractivity contribution in [3.63, 3.8) is 0 Å². The molecule has 0 aliphatic rings. The van der Waals surface area contributed by atoms with E-state index in [-0.39, 0.29) is 0 Å². The van der Waals surface area contributed by atoms with Crippen LogP contribution in [0.2, 0.25) is 0 Å². The van der Waals surface area contributed by atoms with E-state index >= 15 is 0 Å². The van der Waals surface area contributed by atoms with Gasteiger partial charge in [0.2, 0.25) is 0 Å². The Labute approximate surface area is 153 Å². The molecule has 6 heteroatoms. The third kappa shape index (κ3) is 2.39. The summed E-state index contributed by atoms with van der Waals surface area (Å²) < 4.78 is 5.81. The van der Waals surface area contributed by atoms with E-state index in [9.17, 15) is 0 Å². The van der Waals surface area contributed by atoms with Gasteiger partial charge < -0.3 is 9.40 Å². The number of rotatable bonds is 4. The van der Waals surface area contributed by atoms with Gasteiger partial charge in [0, 0.05) is 45.9 Å². The molecule has 0 aliphatic heterocycles. The average molecular weight is 358 g/mol. The SMILES string of the molecule is c1c[nH]c(-c2c(-c3ccn[nH]3)ncc(-c3cccs3)c2-c2ccco2)c1. The van der Waals surface area contributed by atoms with Gasteiger partial charge in [-0.1, -0.05) is 6.07 Å². The van der Waals surface area contributed by atoms with Gasteiger partial charge in [-0.05, 0) is 41.8 Å². The summed E-state index contributed by atoms with van der Waals surface area (Å²) in [4.78, 5) is 9.24. The minimum Gasteiger partial charge on any atom is -0.464 e. The molecule has 0 aromatic carbocycles. The van der Waals surface area contributed by atoms with Gasteiger partial charge in [-0.15, -0.1) is 11.3 Å². The van der Waals surface area contributed by atoms with E-state index in [1.54, 1.807) is 23.8 Å². The largest absolute Gasteiger partial charge is 0.464 e. The van der Waals surface area contributed by atoms with Crippen molar-refractivity contribution in [2.75, 3.05) is 0 Å². The van der Waals surface area contributed by atoms with Crippen LogP contribution in [0.25, 0.3) is 44.4 Å². The first-order valence-electron chi connectivity index (χ1n) is 8.16. The van der Waals surface area contributed by atoms with Gasteiger partial charge in [-0.2, -0.15) is 5.10 Å². The van der Waals surface area contributed by atoms with Crippen LogP contribution in [0.4, 0.5) is 0 Å². The third-order valence-corrected chi connectivity index (χ3v) is 5.16. The van der Waals surface area contributed by atoms with Gasteiger partial charge in [0.25, 0.3) is 0 Å². The monoisotopic (exact) mass is 358 g/mol. The van der Waals surface area contributed by atoms with E-state index in [4.69, 9.17) is 9.40 Å². The number of nitrogens with zero attached hydrogens (tertiary/aromatic N) is 2. The molecule has 0 unspecified atom stereocenters. The fraction of sp³-hybridized carbons (Fsp3) is 0. The Morgan fingerprint density at radius 3 is 2.65 bits per heavy atom. The minimum absolute atomic E-state index is 0.807. The Morgan fingerprint density at radius 1 is 0.962 bits per heavy atom. The fourth-order valence-corrected chi connectivity index (χ4v) is 3.89. The van der Waals surface area contributed by atoms with Crippen LogP contribution in [0.1, 0.15) is 0 Å². The van der Waals surface area contributed by atoms with Crippen molar-refractivity contribution in [2.24, 2.45) is 0 Å². The molecular weight excluding hydrogens is 344 g/mol. The molecule has 0 spiro atoms. The summed E-state index contributed by atoms with van der Waals surface area (Å²) in [6, 6.07) is 14.0. The number of H-pyrrole nitrogens is 2. The molecule has 126 valence electrons. The zero-order valence-electron chi connectivity index (χ0n) is 13.6. The van der Waals surface area contributed by atoms with Gasteiger partial charge in [-0.25, -0.2) is 0 Å². The van der Waals surface area contributed by atoms with Crippen LogP contribution in [0.5, 0.6) is 0 Å². The molecule has 0 bridgehead atoms. The Kier molecular flexibility index (Phi) is 3.54. The minimum atomic E-state index is 0.807. The van der Waals surface area contributed by atoms with Crippen molar-refractivity contribution >= 4 is 11.3 Å². The zero-order valence-corrected chi connectivity index (χ0v) is 14.5. The maximum Gasteiger partial charge on any atom is 0.135 e. The molecule has 5 nitrogen and oxygen atoms in total. The molecule has 0 amide bonds. The number of pyridine rings is 1. The lowest BCUT2D eigenvalue weighted by atomic mass is 9.94. The molecule has 0 atom stereocenters. The normalized spacial score (nSPS) is 11.1. The average Bonchev–Trinajstić information content (AvgIpc) is 3.49. The Morgan fingerprint density at radius 2 is 1.96 bits per heavy atom. The quantitative estimate of drug-likeness (QED) is 0.448. The van der Waals surface area contributed by atoms with Gasteiger partial charge in [0.1, 0.15) is 5.76 Å². The molecule has 2 N–H and O–H groups in total. The molecule has 5 rings (SSSR count). The topological polar surface area (TPSA) is 70.5 Å². The Hall–Kier alpha value is -3.38. The van der Waals surface area contributed by atoms with Crippen LogP contribution in [0, 0.1) is 0 Å². The fourth-order valence-electron chi connectivity index (χ4n) is 3.15. The molecule has 0 radical (unpaired) electrons. The highest BCUT2D eigenvalue weighted by Crippen LogP contribution is 2.44. The Balaban J connectivity index is 1.90. The first-order valence-corrected chi connectivity index (χ1v) is 9.04. The maximum absolute atomic E-state index is 5.81. The van der Waals surface area contributed by atoms with E-state index in [2.05, 4.69) is 26.6 Å². The summed E-state index contributed by atoms with van der Waals surface area (Å²) in [5.74, 6) is 0.807. The highest BCUT2D eigenvalue weighted by Gasteiger charge is 2.23. The lowest BCUT2D eigenvalue weighted by Gasteiger charge is -2.15. The second-order valence-corrected chi connectivity index (χ2v) is 6.73. The van der Waals surface area contributed by atoms with Crippen molar-refractivity contribution in [3.8, 4) is 44.4 Å². The van der Waals surface area contributed by atoms with E-state index in [0.717, 1.165) is 44.4 Å². The van der Waals surface area contributed by atoms with Crippen molar-refractivity contribution in [1.29, 1.82) is 0 Å². The lowest BCUT2D eigenvalue weighted by molar-refractivity contribution is 0.582.